The fourth-order valence-electron chi connectivity index (χ4n) is 2.48. The summed E-state index contributed by atoms with van der Waals surface area (Å²) in [6, 6.07) is 6.77. The first-order valence-electron chi connectivity index (χ1n) is 5.95. The molecule has 0 unspecified atom stereocenters. The van der Waals surface area contributed by atoms with Gasteiger partial charge in [0.2, 0.25) is 5.91 Å². The van der Waals surface area contributed by atoms with Crippen LogP contribution in [-0.4, -0.2) is 28.4 Å². The van der Waals surface area contributed by atoms with Gasteiger partial charge in [-0.05, 0) is 11.6 Å². The zero-order valence-electron chi connectivity index (χ0n) is 9.98. The van der Waals surface area contributed by atoms with Crippen molar-refractivity contribution in [3.63, 3.8) is 0 Å². The smallest absolute Gasteiger partial charge is 0.285 e. The van der Waals surface area contributed by atoms with Gasteiger partial charge in [0.15, 0.2) is 0 Å². The number of hydrogen-bond acceptors (Lipinski definition) is 3. The van der Waals surface area contributed by atoms with Gasteiger partial charge in [0.1, 0.15) is 0 Å². The highest BCUT2D eigenvalue weighted by atomic mass is 19.1. The third-order valence-electron chi connectivity index (χ3n) is 3.53. The molecule has 1 atom stereocenters. The van der Waals surface area contributed by atoms with Gasteiger partial charge in [-0.15, -0.1) is 0 Å². The van der Waals surface area contributed by atoms with Gasteiger partial charge in [-0.25, -0.2) is 4.39 Å². The van der Waals surface area contributed by atoms with E-state index in [1.54, 1.807) is 24.3 Å². The second-order valence-corrected chi connectivity index (χ2v) is 4.69. The Hall–Kier alpha value is -2.24. The summed E-state index contributed by atoms with van der Waals surface area (Å²) in [5.41, 5.74) is 1.10. The van der Waals surface area contributed by atoms with Crippen molar-refractivity contribution in [2.75, 3.05) is 0 Å². The second kappa shape index (κ2) is 3.88. The summed E-state index contributed by atoms with van der Waals surface area (Å²) in [6.45, 7) is 0.0487. The highest BCUT2D eigenvalue weighted by Gasteiger charge is 2.52. The number of carbonyl (C=O) groups is 3. The molecule has 0 aromatic heterocycles. The Morgan fingerprint density at radius 3 is 2.63 bits per heavy atom. The number of rotatable bonds is 1. The SMILES string of the molecule is O=C1CC[C@@](F)(N2Cc3ccccc3C2=O)C(=O)N1. The fraction of sp³-hybridized carbons (Fsp3) is 0.308. The molecule has 1 fully saturated rings. The van der Waals surface area contributed by atoms with Crippen LogP contribution in [0.3, 0.4) is 0 Å². The Labute approximate surface area is 108 Å². The van der Waals surface area contributed by atoms with E-state index in [1.807, 2.05) is 5.32 Å². The van der Waals surface area contributed by atoms with Crippen molar-refractivity contribution in [3.8, 4) is 0 Å². The van der Waals surface area contributed by atoms with E-state index in [-0.39, 0.29) is 19.4 Å². The Morgan fingerprint density at radius 1 is 1.21 bits per heavy atom. The molecule has 0 saturated carbocycles. The number of amides is 3. The Balaban J connectivity index is 1.95. The summed E-state index contributed by atoms with van der Waals surface area (Å²) in [4.78, 5) is 35.8. The van der Waals surface area contributed by atoms with Crippen LogP contribution in [0.25, 0.3) is 0 Å². The topological polar surface area (TPSA) is 66.5 Å². The number of nitrogens with one attached hydrogen (secondary N) is 1. The number of nitrogens with zero attached hydrogens (tertiary/aromatic N) is 1. The van der Waals surface area contributed by atoms with Gasteiger partial charge < -0.3 is 0 Å². The van der Waals surface area contributed by atoms with E-state index in [0.717, 1.165) is 4.90 Å². The number of hydrogen-bond donors (Lipinski definition) is 1. The van der Waals surface area contributed by atoms with Gasteiger partial charge >= 0.3 is 0 Å². The molecule has 1 aromatic rings. The van der Waals surface area contributed by atoms with Crippen molar-refractivity contribution in [3.05, 3.63) is 35.4 Å². The lowest BCUT2D eigenvalue weighted by molar-refractivity contribution is -0.154. The molecule has 1 saturated heterocycles. The lowest BCUT2D eigenvalue weighted by atomic mass is 10.0. The van der Waals surface area contributed by atoms with Crippen molar-refractivity contribution in [1.82, 2.24) is 10.2 Å². The van der Waals surface area contributed by atoms with Crippen LogP contribution in [0.15, 0.2) is 24.3 Å². The predicted molar refractivity (Wildman–Crippen MR) is 62.5 cm³/mol. The summed E-state index contributed by atoms with van der Waals surface area (Å²) in [6.07, 6.45) is -0.403. The highest BCUT2D eigenvalue weighted by molar-refractivity contribution is 6.06. The van der Waals surface area contributed by atoms with Gasteiger partial charge in [0.25, 0.3) is 17.6 Å². The van der Waals surface area contributed by atoms with E-state index >= 15 is 0 Å². The van der Waals surface area contributed by atoms with Crippen molar-refractivity contribution < 1.29 is 18.8 Å². The van der Waals surface area contributed by atoms with Gasteiger partial charge in [-0.3, -0.25) is 24.6 Å². The summed E-state index contributed by atoms with van der Waals surface area (Å²) < 4.78 is 14.8. The molecule has 2 aliphatic heterocycles. The first-order chi connectivity index (χ1) is 9.02. The summed E-state index contributed by atoms with van der Waals surface area (Å²) in [5, 5.41) is 1.95. The largest absolute Gasteiger partial charge is 0.294 e. The number of fused-ring (bicyclic) bond motifs is 1. The van der Waals surface area contributed by atoms with Crippen LogP contribution >= 0.6 is 0 Å². The maximum absolute atomic E-state index is 14.8. The monoisotopic (exact) mass is 262 g/mol. The first-order valence-corrected chi connectivity index (χ1v) is 5.95. The van der Waals surface area contributed by atoms with Crippen molar-refractivity contribution in [1.29, 1.82) is 0 Å². The molecule has 5 nitrogen and oxygen atoms in total. The Bertz CT molecular complexity index is 601. The van der Waals surface area contributed by atoms with Crippen LogP contribution in [0, 0.1) is 0 Å². The molecule has 6 heteroatoms. The number of piperidine rings is 1. The molecule has 0 radical (unpaired) electrons. The molecule has 1 aromatic carbocycles. The zero-order chi connectivity index (χ0) is 13.6. The summed E-state index contributed by atoms with van der Waals surface area (Å²) in [7, 11) is 0. The van der Waals surface area contributed by atoms with Crippen LogP contribution < -0.4 is 5.32 Å². The Morgan fingerprint density at radius 2 is 1.95 bits per heavy atom. The maximum Gasteiger partial charge on any atom is 0.285 e. The Kier molecular flexibility index (Phi) is 2.41. The summed E-state index contributed by atoms with van der Waals surface area (Å²) in [5.74, 6) is -4.51. The van der Waals surface area contributed by atoms with Gasteiger partial charge in [-0.1, -0.05) is 18.2 Å². The minimum atomic E-state index is -2.44. The lowest BCUT2D eigenvalue weighted by Gasteiger charge is -2.35. The van der Waals surface area contributed by atoms with E-state index < -0.39 is 23.5 Å². The number of alkyl halides is 1. The van der Waals surface area contributed by atoms with Gasteiger partial charge in [0.05, 0.1) is 6.54 Å². The molecule has 3 rings (SSSR count). The molecule has 2 aliphatic rings. The van der Waals surface area contributed by atoms with Crippen molar-refractivity contribution >= 4 is 17.7 Å². The molecule has 0 aliphatic carbocycles. The standard InChI is InChI=1S/C13H11FN2O3/c14-13(6-5-10(17)15-12(13)19)16-7-8-3-1-2-4-9(8)11(16)18/h1-4H,5-7H2,(H,15,17,19)/t13-/m1/s1. The minimum Gasteiger partial charge on any atom is -0.294 e. The van der Waals surface area contributed by atoms with Crippen LogP contribution in [0.5, 0.6) is 0 Å². The molecule has 2 heterocycles. The van der Waals surface area contributed by atoms with Gasteiger partial charge in [0, 0.05) is 18.4 Å². The van der Waals surface area contributed by atoms with Crippen LogP contribution in [-0.2, 0) is 16.1 Å². The summed E-state index contributed by atoms with van der Waals surface area (Å²) >= 11 is 0. The highest BCUT2D eigenvalue weighted by Crippen LogP contribution is 2.34. The van der Waals surface area contributed by atoms with E-state index in [2.05, 4.69) is 0 Å². The lowest BCUT2D eigenvalue weighted by Crippen LogP contribution is -2.60. The van der Waals surface area contributed by atoms with E-state index in [1.165, 1.54) is 0 Å². The number of benzene rings is 1. The number of carbonyl (C=O) groups excluding carboxylic acids is 3. The molecular weight excluding hydrogens is 251 g/mol. The van der Waals surface area contributed by atoms with E-state index in [9.17, 15) is 18.8 Å². The average molecular weight is 262 g/mol. The van der Waals surface area contributed by atoms with Gasteiger partial charge in [-0.2, -0.15) is 0 Å². The third-order valence-corrected chi connectivity index (χ3v) is 3.53. The third kappa shape index (κ3) is 1.63. The molecule has 19 heavy (non-hydrogen) atoms. The van der Waals surface area contributed by atoms with Crippen LogP contribution in [0.4, 0.5) is 4.39 Å². The fourth-order valence-corrected chi connectivity index (χ4v) is 2.48. The quantitative estimate of drug-likeness (QED) is 0.599. The van der Waals surface area contributed by atoms with E-state index in [0.29, 0.717) is 11.1 Å². The number of halogens is 1. The molecule has 3 amide bonds. The molecule has 98 valence electrons. The van der Waals surface area contributed by atoms with Crippen LogP contribution in [0.2, 0.25) is 0 Å². The number of imide groups is 1. The predicted octanol–water partition coefficient (Wildman–Crippen LogP) is 0.745. The molecular formula is C13H11FN2O3. The van der Waals surface area contributed by atoms with Crippen molar-refractivity contribution in [2.45, 2.75) is 25.2 Å². The van der Waals surface area contributed by atoms with Crippen LogP contribution in [0.1, 0.15) is 28.8 Å². The first kappa shape index (κ1) is 11.8. The van der Waals surface area contributed by atoms with E-state index in [4.69, 9.17) is 0 Å². The minimum absolute atomic E-state index is 0.0487. The average Bonchev–Trinajstić information content (AvgIpc) is 2.73. The molecule has 0 spiro atoms. The second-order valence-electron chi connectivity index (χ2n) is 4.69. The maximum atomic E-state index is 14.8. The zero-order valence-corrected chi connectivity index (χ0v) is 9.98. The van der Waals surface area contributed by atoms with Crippen molar-refractivity contribution in [2.24, 2.45) is 0 Å². The molecule has 1 N–H and O–H groups in total. The normalized spacial score (nSPS) is 26.4. The molecule has 0 bridgehead atoms.